The lowest BCUT2D eigenvalue weighted by Gasteiger charge is -2.43. The Balaban J connectivity index is 1.45. The molecule has 2 aliphatic rings. The summed E-state index contributed by atoms with van der Waals surface area (Å²) in [5.74, 6) is 0.638. The van der Waals surface area contributed by atoms with E-state index in [-0.39, 0.29) is 11.5 Å². The van der Waals surface area contributed by atoms with Gasteiger partial charge >= 0.3 is 0 Å². The number of fused-ring (bicyclic) bond motifs is 1. The number of halogens is 1. The molecule has 2 heterocycles. The van der Waals surface area contributed by atoms with E-state index in [0.717, 1.165) is 54.9 Å². The molecule has 0 unspecified atom stereocenters. The van der Waals surface area contributed by atoms with Crippen molar-refractivity contribution in [2.24, 2.45) is 11.1 Å². The first kappa shape index (κ1) is 20.2. The van der Waals surface area contributed by atoms with E-state index in [0.29, 0.717) is 10.8 Å². The molecule has 5 nitrogen and oxygen atoms in total. The molecule has 1 aromatic heterocycles. The highest BCUT2D eigenvalue weighted by Gasteiger charge is 2.46. The van der Waals surface area contributed by atoms with Gasteiger partial charge in [0.2, 0.25) is 0 Å². The fraction of sp³-hybridized carbons (Fsp3) is 0.320. The lowest BCUT2D eigenvalue weighted by molar-refractivity contribution is 0.187. The van der Waals surface area contributed by atoms with Gasteiger partial charge in [-0.2, -0.15) is 5.10 Å². The molecule has 3 aromatic rings. The molecule has 1 fully saturated rings. The Kier molecular flexibility index (Phi) is 5.03. The zero-order valence-electron chi connectivity index (χ0n) is 17.7. The van der Waals surface area contributed by atoms with Crippen molar-refractivity contribution < 1.29 is 4.74 Å². The Morgan fingerprint density at radius 1 is 1.23 bits per heavy atom. The average Bonchev–Trinajstić information content (AvgIpc) is 3.42. The van der Waals surface area contributed by atoms with E-state index in [1.165, 1.54) is 11.1 Å². The van der Waals surface area contributed by atoms with Gasteiger partial charge in [-0.3, -0.25) is 5.10 Å². The number of ether oxygens (including phenoxy) is 1. The molecule has 1 aliphatic heterocycles. The number of piperidine rings is 1. The van der Waals surface area contributed by atoms with E-state index in [9.17, 15) is 0 Å². The van der Waals surface area contributed by atoms with Crippen LogP contribution in [0.15, 0.2) is 55.2 Å². The second kappa shape index (κ2) is 7.74. The molecule has 31 heavy (non-hydrogen) atoms. The van der Waals surface area contributed by atoms with Crippen LogP contribution < -0.4 is 15.4 Å². The summed E-state index contributed by atoms with van der Waals surface area (Å²) < 4.78 is 5.49. The smallest absolute Gasteiger partial charge is 0.138 e. The average molecular weight is 435 g/mol. The number of benzene rings is 2. The maximum atomic E-state index is 6.78. The first-order valence-corrected chi connectivity index (χ1v) is 11.1. The summed E-state index contributed by atoms with van der Waals surface area (Å²) in [7, 11) is 1.63. The number of aromatic amines is 1. The topological polar surface area (TPSA) is 67.2 Å². The molecule has 1 atom stereocenters. The number of nitrogens with two attached hydrogens (primary N) is 1. The van der Waals surface area contributed by atoms with Gasteiger partial charge in [0.1, 0.15) is 5.75 Å². The molecule has 0 saturated carbocycles. The number of nitrogens with one attached hydrogen (secondary N) is 1. The monoisotopic (exact) mass is 434 g/mol. The molecular formula is C25H27ClN4O. The predicted octanol–water partition coefficient (Wildman–Crippen LogP) is 4.98. The van der Waals surface area contributed by atoms with Crippen LogP contribution in [0.4, 0.5) is 5.69 Å². The van der Waals surface area contributed by atoms with Gasteiger partial charge in [-0.15, -0.1) is 0 Å². The van der Waals surface area contributed by atoms with Crippen molar-refractivity contribution in [3.05, 3.63) is 82.6 Å². The van der Waals surface area contributed by atoms with Crippen LogP contribution in [0.25, 0.3) is 5.57 Å². The van der Waals surface area contributed by atoms with Crippen LogP contribution in [0.3, 0.4) is 0 Å². The van der Waals surface area contributed by atoms with Gasteiger partial charge in [0.25, 0.3) is 0 Å². The van der Waals surface area contributed by atoms with Crippen molar-refractivity contribution in [3.8, 4) is 5.75 Å². The summed E-state index contributed by atoms with van der Waals surface area (Å²) in [6.45, 7) is 6.14. The SMILES string of the molecule is C=C(c1cc[nH]n1)c1c(N2CCC3(CC2)Cc2ccccc2[C@H]3N)ccc(OC)c1Cl. The first-order chi connectivity index (χ1) is 15.0. The number of aromatic nitrogens is 2. The summed E-state index contributed by atoms with van der Waals surface area (Å²) in [5, 5.41) is 7.74. The fourth-order valence-electron chi connectivity index (χ4n) is 5.31. The highest BCUT2D eigenvalue weighted by molar-refractivity contribution is 6.34. The highest BCUT2D eigenvalue weighted by atomic mass is 35.5. The van der Waals surface area contributed by atoms with Gasteiger partial charge in [0.15, 0.2) is 0 Å². The summed E-state index contributed by atoms with van der Waals surface area (Å²) in [6, 6.07) is 14.7. The summed E-state index contributed by atoms with van der Waals surface area (Å²) in [5.41, 5.74) is 13.1. The largest absolute Gasteiger partial charge is 0.495 e. The first-order valence-electron chi connectivity index (χ1n) is 10.7. The Bertz CT molecular complexity index is 1120. The van der Waals surface area contributed by atoms with Crippen LogP contribution >= 0.6 is 11.6 Å². The second-order valence-corrected chi connectivity index (χ2v) is 8.99. The summed E-state index contributed by atoms with van der Waals surface area (Å²) in [4.78, 5) is 2.40. The van der Waals surface area contributed by atoms with Gasteiger partial charge in [0, 0.05) is 42.2 Å². The Morgan fingerprint density at radius 2 is 2.00 bits per heavy atom. The van der Waals surface area contributed by atoms with Gasteiger partial charge in [-0.05, 0) is 54.0 Å². The van der Waals surface area contributed by atoms with Crippen LogP contribution in [0.1, 0.15) is 41.3 Å². The minimum absolute atomic E-state index is 0.101. The third kappa shape index (κ3) is 3.24. The van der Waals surface area contributed by atoms with Gasteiger partial charge in [-0.1, -0.05) is 42.4 Å². The molecule has 160 valence electrons. The molecule has 3 N–H and O–H groups in total. The quantitative estimate of drug-likeness (QED) is 0.608. The highest BCUT2D eigenvalue weighted by Crippen LogP contribution is 2.52. The molecule has 6 heteroatoms. The molecule has 1 saturated heterocycles. The Hall–Kier alpha value is -2.76. The number of nitrogens with zero attached hydrogens (tertiary/aromatic N) is 2. The lowest BCUT2D eigenvalue weighted by atomic mass is 9.73. The van der Waals surface area contributed by atoms with Crippen molar-refractivity contribution in [1.82, 2.24) is 10.2 Å². The van der Waals surface area contributed by atoms with E-state index in [4.69, 9.17) is 22.1 Å². The number of anilines is 1. The predicted molar refractivity (Wildman–Crippen MR) is 126 cm³/mol. The summed E-state index contributed by atoms with van der Waals surface area (Å²) in [6.07, 6.45) is 4.94. The number of hydrogen-bond donors (Lipinski definition) is 2. The molecule has 0 radical (unpaired) electrons. The minimum Gasteiger partial charge on any atom is -0.495 e. The van der Waals surface area contributed by atoms with Crippen molar-refractivity contribution in [2.45, 2.75) is 25.3 Å². The summed E-state index contributed by atoms with van der Waals surface area (Å²) >= 11 is 6.78. The lowest BCUT2D eigenvalue weighted by Crippen LogP contribution is -2.44. The van der Waals surface area contributed by atoms with Crippen LogP contribution in [0, 0.1) is 5.41 Å². The van der Waals surface area contributed by atoms with Crippen LogP contribution in [-0.2, 0) is 6.42 Å². The molecule has 1 spiro atoms. The zero-order chi connectivity index (χ0) is 21.6. The Morgan fingerprint density at radius 3 is 2.68 bits per heavy atom. The number of hydrogen-bond acceptors (Lipinski definition) is 4. The van der Waals surface area contributed by atoms with E-state index >= 15 is 0 Å². The van der Waals surface area contributed by atoms with Gasteiger partial charge in [0.05, 0.1) is 17.8 Å². The van der Waals surface area contributed by atoms with Crippen molar-refractivity contribution in [3.63, 3.8) is 0 Å². The van der Waals surface area contributed by atoms with Gasteiger partial charge in [-0.25, -0.2) is 0 Å². The van der Waals surface area contributed by atoms with Gasteiger partial charge < -0.3 is 15.4 Å². The van der Waals surface area contributed by atoms with Crippen molar-refractivity contribution in [2.75, 3.05) is 25.1 Å². The van der Waals surface area contributed by atoms with E-state index in [1.807, 2.05) is 12.1 Å². The number of methoxy groups -OCH3 is 1. The molecule has 0 amide bonds. The normalized spacial score (nSPS) is 19.5. The standard InChI is InChI=1S/C25H27ClN4O/c1-16(19-9-12-28-29-19)22-20(7-8-21(31-2)23(22)26)30-13-10-25(11-14-30)15-17-5-3-4-6-18(17)24(25)27/h3-9,12,24H,1,10-11,13-15,27H2,2H3,(H,28,29)/t24-/m1/s1. The molecular weight excluding hydrogens is 408 g/mol. The minimum atomic E-state index is 0.101. The van der Waals surface area contributed by atoms with Crippen LogP contribution in [0.2, 0.25) is 5.02 Å². The second-order valence-electron chi connectivity index (χ2n) is 8.62. The number of rotatable bonds is 4. The third-order valence-electron chi connectivity index (χ3n) is 7.11. The molecule has 2 aromatic carbocycles. The molecule has 1 aliphatic carbocycles. The molecule has 5 rings (SSSR count). The fourth-order valence-corrected chi connectivity index (χ4v) is 5.66. The van der Waals surface area contributed by atoms with Crippen molar-refractivity contribution >= 4 is 22.9 Å². The van der Waals surface area contributed by atoms with Crippen LogP contribution in [-0.4, -0.2) is 30.4 Å². The van der Waals surface area contributed by atoms with Crippen LogP contribution in [0.5, 0.6) is 5.75 Å². The van der Waals surface area contributed by atoms with Crippen molar-refractivity contribution in [1.29, 1.82) is 0 Å². The van der Waals surface area contributed by atoms with E-state index < -0.39 is 0 Å². The maximum absolute atomic E-state index is 6.78. The van der Waals surface area contributed by atoms with E-state index in [2.05, 4.69) is 52.0 Å². The Labute approximate surface area is 187 Å². The third-order valence-corrected chi connectivity index (χ3v) is 7.48. The molecule has 0 bridgehead atoms. The maximum Gasteiger partial charge on any atom is 0.138 e. The zero-order valence-corrected chi connectivity index (χ0v) is 18.5. The van der Waals surface area contributed by atoms with E-state index in [1.54, 1.807) is 13.3 Å². The number of H-pyrrole nitrogens is 1.